The molecule has 0 aromatic heterocycles. The van der Waals surface area contributed by atoms with E-state index in [4.69, 9.17) is 14.2 Å². The van der Waals surface area contributed by atoms with Crippen molar-refractivity contribution in [1.29, 1.82) is 0 Å². The van der Waals surface area contributed by atoms with Crippen LogP contribution in [0.25, 0.3) is 0 Å². The predicted octanol–water partition coefficient (Wildman–Crippen LogP) is 11.8. The minimum Gasteiger partial charge on any atom is -0.454 e. The van der Waals surface area contributed by atoms with Gasteiger partial charge in [-0.2, -0.15) is 0 Å². The van der Waals surface area contributed by atoms with Crippen LogP contribution in [0.1, 0.15) is 207 Å². The molecule has 6 N–H and O–H groups in total. The van der Waals surface area contributed by atoms with Gasteiger partial charge in [0.05, 0.1) is 25.4 Å². The fourth-order valence-electron chi connectivity index (χ4n) is 8.06. The van der Waals surface area contributed by atoms with Crippen LogP contribution in [0.2, 0.25) is 0 Å². The number of nitrogens with one attached hydrogen (secondary N) is 1. The molecule has 1 aliphatic rings. The predicted molar refractivity (Wildman–Crippen MR) is 282 cm³/mol. The Bertz CT molecular complexity index is 1440. The first-order valence-electron chi connectivity index (χ1n) is 27.4. The van der Waals surface area contributed by atoms with Crippen LogP contribution in [0.5, 0.6) is 0 Å². The normalized spacial score (nSPS) is 20.5. The van der Waals surface area contributed by atoms with Crippen molar-refractivity contribution in [3.63, 3.8) is 0 Å². The van der Waals surface area contributed by atoms with Crippen LogP contribution in [0.4, 0.5) is 0 Å². The van der Waals surface area contributed by atoms with Gasteiger partial charge in [0, 0.05) is 6.42 Å². The van der Waals surface area contributed by atoms with E-state index in [1.54, 1.807) is 6.08 Å². The van der Waals surface area contributed by atoms with E-state index in [1.165, 1.54) is 57.8 Å². The van der Waals surface area contributed by atoms with Crippen LogP contribution in [-0.4, -0.2) is 99.6 Å². The van der Waals surface area contributed by atoms with Gasteiger partial charge in [-0.1, -0.05) is 221 Å². The molecule has 11 nitrogen and oxygen atoms in total. The van der Waals surface area contributed by atoms with Crippen LogP contribution in [-0.2, 0) is 23.8 Å². The van der Waals surface area contributed by atoms with Crippen molar-refractivity contribution >= 4 is 11.9 Å². The third-order valence-corrected chi connectivity index (χ3v) is 12.4. The highest BCUT2D eigenvalue weighted by Gasteiger charge is 2.47. The Hall–Kier alpha value is -3.16. The first-order valence-corrected chi connectivity index (χ1v) is 27.4. The average Bonchev–Trinajstić information content (AvgIpc) is 3.34. The Morgan fingerprint density at radius 3 is 1.55 bits per heavy atom. The van der Waals surface area contributed by atoms with Gasteiger partial charge in [-0.15, -0.1) is 0 Å². The number of amides is 1. The molecule has 396 valence electrons. The van der Waals surface area contributed by atoms with Crippen molar-refractivity contribution in [3.05, 3.63) is 85.1 Å². The van der Waals surface area contributed by atoms with Crippen molar-refractivity contribution in [1.82, 2.24) is 5.32 Å². The molecular weight excluding hydrogens is 871 g/mol. The first-order chi connectivity index (χ1) is 33.7. The zero-order chi connectivity index (χ0) is 50.4. The van der Waals surface area contributed by atoms with E-state index < -0.39 is 67.4 Å². The summed E-state index contributed by atoms with van der Waals surface area (Å²) in [6.45, 7) is 5.47. The van der Waals surface area contributed by atoms with E-state index in [1.807, 2.05) is 36.5 Å². The molecule has 0 spiro atoms. The number of hydrogen-bond donors (Lipinski definition) is 6. The number of hydrogen-bond acceptors (Lipinski definition) is 10. The molecule has 8 unspecified atom stereocenters. The van der Waals surface area contributed by atoms with E-state index in [9.17, 15) is 35.1 Å². The number of allylic oxidation sites excluding steroid dienone is 13. The fourth-order valence-corrected chi connectivity index (χ4v) is 8.06. The van der Waals surface area contributed by atoms with Crippen LogP contribution >= 0.6 is 0 Å². The van der Waals surface area contributed by atoms with Gasteiger partial charge in [0.25, 0.3) is 0 Å². The molecule has 0 aromatic rings. The summed E-state index contributed by atoms with van der Waals surface area (Å²) in [7, 11) is 0. The maximum Gasteiger partial charge on any atom is 0.306 e. The van der Waals surface area contributed by atoms with E-state index in [0.29, 0.717) is 12.8 Å². The molecule has 1 saturated heterocycles. The topological polar surface area (TPSA) is 175 Å². The van der Waals surface area contributed by atoms with Crippen molar-refractivity contribution in [2.75, 3.05) is 13.2 Å². The molecule has 1 amide bonds. The average molecular weight is 970 g/mol. The molecule has 1 heterocycles. The number of aliphatic hydroxyl groups is 5. The minimum absolute atomic E-state index is 0.0951. The summed E-state index contributed by atoms with van der Waals surface area (Å²) in [6.07, 6.45) is 47.7. The van der Waals surface area contributed by atoms with E-state index >= 15 is 0 Å². The Morgan fingerprint density at radius 2 is 1.04 bits per heavy atom. The number of esters is 1. The Kier molecular flexibility index (Phi) is 42.5. The molecule has 1 aliphatic heterocycles. The molecule has 1 fully saturated rings. The van der Waals surface area contributed by atoms with Crippen LogP contribution in [0.15, 0.2) is 85.1 Å². The summed E-state index contributed by atoms with van der Waals surface area (Å²) >= 11 is 0. The van der Waals surface area contributed by atoms with Gasteiger partial charge in [-0.25, -0.2) is 0 Å². The quantitative estimate of drug-likeness (QED) is 0.0149. The summed E-state index contributed by atoms with van der Waals surface area (Å²) in [4.78, 5) is 26.4. The molecule has 0 aliphatic carbocycles. The third kappa shape index (κ3) is 34.7. The third-order valence-electron chi connectivity index (χ3n) is 12.4. The molecule has 11 heteroatoms. The standard InChI is InChI=1S/C58H99NO10/c1-4-7-10-13-16-19-22-25-28-30-33-36-39-42-45-51(62)57(66)59-49(50(61)44-41-38-35-32-29-26-23-20-17-14-11-8-5-2)48-67-58-56(55(65)54(64)52(47-60)68-58)69-53(63)46-43-40-37-34-31-27-24-21-18-15-12-9-6-3/h7,9-10,12-13,15-16,18-19,21-22,24,41,44,49-52,54-56,58,60-62,64-65H,4-6,8,11,14,17,20,23,25-40,42-43,45-48H2,1-3H3,(H,59,66)/b10-7+,12-9+,16-13+,18-15+,22-19+,24-21-,44-41+. The minimum atomic E-state index is -1.63. The largest absolute Gasteiger partial charge is 0.454 e. The zero-order valence-corrected chi connectivity index (χ0v) is 43.4. The zero-order valence-electron chi connectivity index (χ0n) is 43.4. The lowest BCUT2D eigenvalue weighted by molar-refractivity contribution is -0.305. The van der Waals surface area contributed by atoms with Gasteiger partial charge in [0.15, 0.2) is 12.4 Å². The second-order valence-electron chi connectivity index (χ2n) is 18.7. The maximum absolute atomic E-state index is 13.4. The number of ether oxygens (including phenoxy) is 3. The van der Waals surface area contributed by atoms with E-state index in [-0.39, 0.29) is 19.4 Å². The Balaban J connectivity index is 2.79. The highest BCUT2D eigenvalue weighted by Crippen LogP contribution is 2.26. The van der Waals surface area contributed by atoms with Crippen molar-refractivity contribution < 1.29 is 49.3 Å². The van der Waals surface area contributed by atoms with Crippen molar-refractivity contribution in [2.24, 2.45) is 0 Å². The SMILES string of the molecule is CC/C=C/C=C/C=C\CCCCCCCC(=O)OC1C(OCC(NC(=O)C(O)CCCCCCCC/C=C/C=C/C=C/CC)C(O)/C=C/CCCCCCCCCCCCC)OC(CO)C(O)C1O. The molecule has 0 aromatic carbocycles. The summed E-state index contributed by atoms with van der Waals surface area (Å²) < 4.78 is 17.5. The smallest absolute Gasteiger partial charge is 0.306 e. The lowest BCUT2D eigenvalue weighted by Gasteiger charge is -2.41. The van der Waals surface area contributed by atoms with Crippen LogP contribution in [0.3, 0.4) is 0 Å². The lowest BCUT2D eigenvalue weighted by atomic mass is 9.99. The molecule has 0 radical (unpaired) electrons. The van der Waals surface area contributed by atoms with E-state index in [2.05, 4.69) is 68.6 Å². The number of rotatable bonds is 44. The van der Waals surface area contributed by atoms with Crippen molar-refractivity contribution in [3.8, 4) is 0 Å². The molecule has 8 atom stereocenters. The second-order valence-corrected chi connectivity index (χ2v) is 18.7. The number of carbonyl (C=O) groups is 2. The fraction of sp³-hybridized carbons (Fsp3) is 0.724. The second kappa shape index (κ2) is 45.9. The monoisotopic (exact) mass is 970 g/mol. The number of carbonyl (C=O) groups excluding carboxylic acids is 2. The van der Waals surface area contributed by atoms with Crippen molar-refractivity contribution in [2.45, 2.75) is 256 Å². The molecule has 69 heavy (non-hydrogen) atoms. The van der Waals surface area contributed by atoms with Gasteiger partial charge >= 0.3 is 5.97 Å². The number of unbranched alkanes of at least 4 members (excludes halogenated alkanes) is 22. The van der Waals surface area contributed by atoms with Gasteiger partial charge in [0.1, 0.15) is 24.4 Å². The number of aliphatic hydroxyl groups excluding tert-OH is 5. The van der Waals surface area contributed by atoms with Gasteiger partial charge in [0.2, 0.25) is 5.91 Å². The Morgan fingerprint density at radius 1 is 0.580 bits per heavy atom. The summed E-state index contributed by atoms with van der Waals surface area (Å²) in [5.41, 5.74) is 0. The highest BCUT2D eigenvalue weighted by atomic mass is 16.7. The summed E-state index contributed by atoms with van der Waals surface area (Å²) in [6, 6.07) is -1.04. The molecule has 0 saturated carbocycles. The van der Waals surface area contributed by atoms with Gasteiger partial charge in [-0.3, -0.25) is 9.59 Å². The summed E-state index contributed by atoms with van der Waals surface area (Å²) in [5, 5.41) is 56.7. The molecular formula is C58H99NO10. The van der Waals surface area contributed by atoms with E-state index in [0.717, 1.165) is 103 Å². The summed E-state index contributed by atoms with van der Waals surface area (Å²) in [5.74, 6) is -1.24. The van der Waals surface area contributed by atoms with Crippen LogP contribution < -0.4 is 5.32 Å². The van der Waals surface area contributed by atoms with Gasteiger partial charge < -0.3 is 45.1 Å². The van der Waals surface area contributed by atoms with Gasteiger partial charge in [-0.05, 0) is 64.2 Å². The molecule has 1 rings (SSSR count). The Labute approximate surface area is 419 Å². The van der Waals surface area contributed by atoms with Crippen LogP contribution in [0, 0.1) is 0 Å². The molecule has 0 bridgehead atoms. The first kappa shape index (κ1) is 63.9. The highest BCUT2D eigenvalue weighted by molar-refractivity contribution is 5.80. The maximum atomic E-state index is 13.4. The lowest BCUT2D eigenvalue weighted by Crippen LogP contribution is -2.61.